The molecule has 0 saturated carbocycles. The summed E-state index contributed by atoms with van der Waals surface area (Å²) in [7, 11) is 0. The van der Waals surface area contributed by atoms with E-state index in [1.165, 1.54) is 10.5 Å². The van der Waals surface area contributed by atoms with Gasteiger partial charge < -0.3 is 4.57 Å². The van der Waals surface area contributed by atoms with E-state index in [-0.39, 0.29) is 5.91 Å². The third-order valence-corrected chi connectivity index (χ3v) is 8.30. The zero-order valence-corrected chi connectivity index (χ0v) is 24.6. The van der Waals surface area contributed by atoms with Gasteiger partial charge in [0.2, 0.25) is 6.41 Å². The number of para-hydroxylation sites is 2. The lowest BCUT2D eigenvalue weighted by molar-refractivity contribution is -0.106. The van der Waals surface area contributed by atoms with Crippen LogP contribution in [0.4, 0.5) is 5.69 Å². The van der Waals surface area contributed by atoms with E-state index in [1.54, 1.807) is 0 Å². The topological polar surface area (TPSA) is 42.3 Å². The number of fused-ring (bicyclic) bond motifs is 3. The van der Waals surface area contributed by atoms with Gasteiger partial charge in [-0.1, -0.05) is 121 Å². The summed E-state index contributed by atoms with van der Waals surface area (Å²) in [5.74, 6) is -0.383. The molecule has 0 bridgehead atoms. The van der Waals surface area contributed by atoms with Crippen molar-refractivity contribution in [2.24, 2.45) is 0 Å². The van der Waals surface area contributed by atoms with Crippen molar-refractivity contribution in [3.8, 4) is 27.9 Å². The van der Waals surface area contributed by atoms with Crippen molar-refractivity contribution in [2.45, 2.75) is 13.8 Å². The summed E-state index contributed by atoms with van der Waals surface area (Å²) in [5, 5.41) is 2.23. The summed E-state index contributed by atoms with van der Waals surface area (Å²) in [5.41, 5.74) is 9.16. The summed E-state index contributed by atoms with van der Waals surface area (Å²) in [6.07, 6.45) is 0.655. The predicted octanol–water partition coefficient (Wildman–Crippen LogP) is 9.54. The first-order valence-electron chi connectivity index (χ1n) is 14.7. The molecule has 0 aliphatic heterocycles. The van der Waals surface area contributed by atoms with Gasteiger partial charge in [-0.15, -0.1) is 0 Å². The highest BCUT2D eigenvalue weighted by Gasteiger charge is 2.28. The summed E-state index contributed by atoms with van der Waals surface area (Å²) in [6, 6.07) is 46.2. The summed E-state index contributed by atoms with van der Waals surface area (Å²) in [4.78, 5) is 29.3. The number of carbonyl (C=O) groups excluding carboxylic acids is 2. The largest absolute Gasteiger partial charge is 0.308 e. The zero-order chi connectivity index (χ0) is 30.2. The molecule has 0 aliphatic carbocycles. The van der Waals surface area contributed by atoms with Gasteiger partial charge in [0, 0.05) is 21.9 Å². The lowest BCUT2D eigenvalue weighted by Gasteiger charge is -2.25. The van der Waals surface area contributed by atoms with Crippen molar-refractivity contribution in [1.29, 1.82) is 0 Å². The molecular weight excluding hydrogens is 540 g/mol. The second-order valence-electron chi connectivity index (χ2n) is 11.1. The molecule has 0 N–H and O–H groups in total. The van der Waals surface area contributed by atoms with Crippen molar-refractivity contribution >= 4 is 39.8 Å². The maximum Gasteiger partial charge on any atom is 0.267 e. The molecule has 0 unspecified atom stereocenters. The zero-order valence-electron chi connectivity index (χ0n) is 24.6. The van der Waals surface area contributed by atoms with Gasteiger partial charge in [0.05, 0.1) is 28.0 Å². The van der Waals surface area contributed by atoms with Crippen molar-refractivity contribution in [3.63, 3.8) is 0 Å². The van der Waals surface area contributed by atoms with Crippen LogP contribution in [0.25, 0.3) is 49.7 Å². The molecule has 6 aromatic carbocycles. The van der Waals surface area contributed by atoms with Gasteiger partial charge in [0.15, 0.2) is 0 Å². The average Bonchev–Trinajstić information content (AvgIpc) is 3.39. The molecule has 4 heteroatoms. The Kier molecular flexibility index (Phi) is 6.88. The number of hydrogen-bond donors (Lipinski definition) is 0. The number of rotatable bonds is 6. The minimum atomic E-state index is -0.383. The summed E-state index contributed by atoms with van der Waals surface area (Å²) in [6.45, 7) is 4.02. The van der Waals surface area contributed by atoms with E-state index in [0.29, 0.717) is 17.7 Å². The minimum Gasteiger partial charge on any atom is -0.308 e. The van der Waals surface area contributed by atoms with Crippen LogP contribution in [0.15, 0.2) is 140 Å². The maximum atomic E-state index is 14.9. The molecule has 44 heavy (non-hydrogen) atoms. The normalized spacial score (nSPS) is 11.1. The first-order valence-corrected chi connectivity index (χ1v) is 14.7. The molecular formula is C40H30N2O2. The van der Waals surface area contributed by atoms with Gasteiger partial charge in [-0.3, -0.25) is 9.59 Å². The molecule has 2 amide bonds. The second-order valence-corrected chi connectivity index (χ2v) is 11.1. The van der Waals surface area contributed by atoms with Crippen LogP contribution in [-0.2, 0) is 4.79 Å². The van der Waals surface area contributed by atoms with Gasteiger partial charge >= 0.3 is 0 Å². The van der Waals surface area contributed by atoms with Crippen LogP contribution in [0, 0.1) is 13.8 Å². The van der Waals surface area contributed by atoms with E-state index in [0.717, 1.165) is 55.3 Å². The van der Waals surface area contributed by atoms with E-state index < -0.39 is 0 Å². The molecule has 0 aliphatic rings. The Morgan fingerprint density at radius 1 is 0.614 bits per heavy atom. The van der Waals surface area contributed by atoms with Crippen LogP contribution >= 0.6 is 0 Å². The molecule has 0 spiro atoms. The van der Waals surface area contributed by atoms with Gasteiger partial charge in [-0.2, -0.15) is 0 Å². The van der Waals surface area contributed by atoms with Gasteiger partial charge in [0.25, 0.3) is 5.91 Å². The number of aromatic nitrogens is 1. The number of hydrogen-bond acceptors (Lipinski definition) is 2. The molecule has 1 heterocycles. The monoisotopic (exact) mass is 570 g/mol. The van der Waals surface area contributed by atoms with Crippen LogP contribution in [0.3, 0.4) is 0 Å². The summed E-state index contributed by atoms with van der Waals surface area (Å²) < 4.78 is 2.15. The van der Waals surface area contributed by atoms with Crippen LogP contribution < -0.4 is 4.90 Å². The number of anilines is 1. The van der Waals surface area contributed by atoms with Gasteiger partial charge in [0.1, 0.15) is 0 Å². The highest BCUT2D eigenvalue weighted by molar-refractivity contribution is 6.22. The SMILES string of the molecule is Cc1ccc2c(c1)c1ccccc1n2-c1cccc(C)c1C(=O)N(C=O)c1c(-c2ccccc2)cccc1-c1ccccc1. The Morgan fingerprint density at radius 2 is 1.20 bits per heavy atom. The Bertz CT molecular complexity index is 2120. The van der Waals surface area contributed by atoms with Crippen LogP contribution in [0.2, 0.25) is 0 Å². The number of imide groups is 1. The number of amides is 2. The maximum absolute atomic E-state index is 14.9. The molecule has 0 radical (unpaired) electrons. The van der Waals surface area contributed by atoms with Crippen LogP contribution in [0.1, 0.15) is 21.5 Å². The number of aryl methyl sites for hydroxylation is 2. The third-order valence-electron chi connectivity index (χ3n) is 8.30. The van der Waals surface area contributed by atoms with E-state index >= 15 is 0 Å². The lowest BCUT2D eigenvalue weighted by Crippen LogP contribution is -2.32. The highest BCUT2D eigenvalue weighted by atomic mass is 16.2. The Hall–Kier alpha value is -5.74. The van der Waals surface area contributed by atoms with E-state index in [9.17, 15) is 9.59 Å². The van der Waals surface area contributed by atoms with Crippen molar-refractivity contribution in [2.75, 3.05) is 4.90 Å². The number of nitrogens with zero attached hydrogens (tertiary/aromatic N) is 2. The average molecular weight is 571 g/mol. The van der Waals surface area contributed by atoms with Crippen LogP contribution in [0.5, 0.6) is 0 Å². The fourth-order valence-corrected chi connectivity index (χ4v) is 6.29. The van der Waals surface area contributed by atoms with Crippen molar-refractivity contribution in [3.05, 3.63) is 156 Å². The van der Waals surface area contributed by atoms with Gasteiger partial charge in [-0.05, 0) is 54.8 Å². The first kappa shape index (κ1) is 27.1. The van der Waals surface area contributed by atoms with Crippen molar-refractivity contribution in [1.82, 2.24) is 4.57 Å². The molecule has 1 aromatic heterocycles. The molecule has 212 valence electrons. The lowest BCUT2D eigenvalue weighted by atomic mass is 9.94. The highest BCUT2D eigenvalue weighted by Crippen LogP contribution is 2.41. The third kappa shape index (κ3) is 4.48. The molecule has 4 nitrogen and oxygen atoms in total. The standard InChI is InChI=1S/C40H30N2O2/c1-27-23-24-36-34(25-27)33-18-9-10-21-35(33)42(36)37-22-11-13-28(2)38(37)40(44)41(26-43)39-31(29-14-5-3-6-15-29)19-12-20-32(39)30-16-7-4-8-17-30/h3-26H,1-2H3. The number of benzene rings is 6. The fraction of sp³-hybridized carbons (Fsp3) is 0.0500. The molecule has 7 rings (SSSR count). The quantitative estimate of drug-likeness (QED) is 0.187. The van der Waals surface area contributed by atoms with E-state index in [1.807, 2.05) is 116 Å². The molecule has 7 aromatic rings. The predicted molar refractivity (Wildman–Crippen MR) is 180 cm³/mol. The summed E-state index contributed by atoms with van der Waals surface area (Å²) >= 11 is 0. The minimum absolute atomic E-state index is 0.383. The van der Waals surface area contributed by atoms with E-state index in [4.69, 9.17) is 0 Å². The molecule has 0 atom stereocenters. The van der Waals surface area contributed by atoms with E-state index in [2.05, 4.69) is 41.8 Å². The first-order chi connectivity index (χ1) is 21.6. The van der Waals surface area contributed by atoms with Crippen molar-refractivity contribution < 1.29 is 9.59 Å². The Morgan fingerprint density at radius 3 is 1.86 bits per heavy atom. The fourth-order valence-electron chi connectivity index (χ4n) is 6.29. The molecule has 0 fully saturated rings. The molecule has 0 saturated heterocycles. The second kappa shape index (κ2) is 11.2. The smallest absolute Gasteiger partial charge is 0.267 e. The number of carbonyl (C=O) groups is 2. The Labute approximate surface area is 256 Å². The van der Waals surface area contributed by atoms with Crippen LogP contribution in [-0.4, -0.2) is 16.9 Å². The van der Waals surface area contributed by atoms with Gasteiger partial charge in [-0.25, -0.2) is 4.90 Å². The Balaban J connectivity index is 1.49.